The molecule has 0 saturated heterocycles. The van der Waals surface area contributed by atoms with Crippen molar-refractivity contribution in [1.82, 2.24) is 20.1 Å². The minimum Gasteiger partial charge on any atom is -0.342 e. The Bertz CT molecular complexity index is 562. The number of aromatic amines is 1. The molecule has 2 fully saturated rings. The summed E-state index contributed by atoms with van der Waals surface area (Å²) in [5.74, 6) is 4.35. The van der Waals surface area contributed by atoms with E-state index in [1.807, 2.05) is 0 Å². The van der Waals surface area contributed by atoms with Crippen molar-refractivity contribution in [2.24, 2.45) is 11.8 Å². The highest BCUT2D eigenvalue weighted by Crippen LogP contribution is 2.45. The first-order valence-corrected chi connectivity index (χ1v) is 7.73. The number of fused-ring (bicyclic) bond motifs is 1. The van der Waals surface area contributed by atoms with Gasteiger partial charge in [0.25, 0.3) is 0 Å². The highest BCUT2D eigenvalue weighted by molar-refractivity contribution is 5.40. The van der Waals surface area contributed by atoms with Crippen LogP contribution in [0.4, 0.5) is 0 Å². The molecule has 3 atom stereocenters. The number of aromatic nitrogens is 4. The van der Waals surface area contributed by atoms with E-state index in [4.69, 9.17) is 4.52 Å². The molecule has 2 aliphatic carbocycles. The zero-order valence-corrected chi connectivity index (χ0v) is 11.6. The van der Waals surface area contributed by atoms with Crippen molar-refractivity contribution in [3.63, 3.8) is 0 Å². The summed E-state index contributed by atoms with van der Waals surface area (Å²) < 4.78 is 5.49. The quantitative estimate of drug-likeness (QED) is 0.908. The van der Waals surface area contributed by atoms with Crippen LogP contribution in [-0.2, 0) is 0 Å². The van der Waals surface area contributed by atoms with E-state index in [0.717, 1.165) is 17.7 Å². The number of imidazole rings is 1. The molecule has 5 nitrogen and oxygen atoms in total. The molecular formula is C15H20N4O. The minimum absolute atomic E-state index is 0.450. The predicted octanol–water partition coefficient (Wildman–Crippen LogP) is 3.53. The van der Waals surface area contributed by atoms with Crippen molar-refractivity contribution in [2.75, 3.05) is 0 Å². The molecule has 4 rings (SSSR count). The van der Waals surface area contributed by atoms with E-state index in [1.54, 1.807) is 12.4 Å². The topological polar surface area (TPSA) is 67.6 Å². The molecule has 2 saturated carbocycles. The summed E-state index contributed by atoms with van der Waals surface area (Å²) >= 11 is 0. The Morgan fingerprint density at radius 3 is 2.85 bits per heavy atom. The van der Waals surface area contributed by atoms with Gasteiger partial charge in [-0.25, -0.2) is 4.98 Å². The molecule has 0 spiro atoms. The van der Waals surface area contributed by atoms with Gasteiger partial charge in [-0.05, 0) is 31.1 Å². The molecule has 2 aliphatic rings. The van der Waals surface area contributed by atoms with Crippen molar-refractivity contribution in [1.29, 1.82) is 0 Å². The number of nitrogens with zero attached hydrogens (tertiary/aromatic N) is 3. The van der Waals surface area contributed by atoms with Gasteiger partial charge in [-0.15, -0.1) is 0 Å². The third kappa shape index (κ3) is 2.15. The standard InChI is InChI=1S/C15H20N4O/c1-2-4-11-9-12(6-5-10(11)3-1)15-18-14(19-20-15)13-16-7-8-17-13/h7-8,10-12H,1-6,9H2,(H,16,17). The molecule has 2 heterocycles. The largest absolute Gasteiger partial charge is 0.342 e. The Morgan fingerprint density at radius 2 is 2.00 bits per heavy atom. The first-order valence-electron chi connectivity index (χ1n) is 7.73. The molecule has 106 valence electrons. The lowest BCUT2D eigenvalue weighted by molar-refractivity contribution is 0.142. The van der Waals surface area contributed by atoms with Gasteiger partial charge in [-0.1, -0.05) is 30.8 Å². The second kappa shape index (κ2) is 5.04. The maximum Gasteiger partial charge on any atom is 0.238 e. The molecule has 2 aromatic heterocycles. The Morgan fingerprint density at radius 1 is 1.10 bits per heavy atom. The van der Waals surface area contributed by atoms with E-state index in [1.165, 1.54) is 44.9 Å². The summed E-state index contributed by atoms with van der Waals surface area (Å²) in [6.07, 6.45) is 12.9. The van der Waals surface area contributed by atoms with E-state index >= 15 is 0 Å². The van der Waals surface area contributed by atoms with Crippen molar-refractivity contribution in [3.8, 4) is 11.6 Å². The van der Waals surface area contributed by atoms with Gasteiger partial charge in [0.1, 0.15) is 0 Å². The summed E-state index contributed by atoms with van der Waals surface area (Å²) in [5.41, 5.74) is 0. The van der Waals surface area contributed by atoms with Gasteiger partial charge < -0.3 is 9.51 Å². The third-order valence-corrected chi connectivity index (χ3v) is 5.04. The highest BCUT2D eigenvalue weighted by Gasteiger charge is 2.35. The number of hydrogen-bond donors (Lipinski definition) is 1. The lowest BCUT2D eigenvalue weighted by Crippen LogP contribution is -2.26. The van der Waals surface area contributed by atoms with Crippen LogP contribution >= 0.6 is 0 Å². The van der Waals surface area contributed by atoms with E-state index in [-0.39, 0.29) is 0 Å². The van der Waals surface area contributed by atoms with Crippen molar-refractivity contribution in [3.05, 3.63) is 18.3 Å². The van der Waals surface area contributed by atoms with Gasteiger partial charge in [0.15, 0.2) is 5.82 Å². The van der Waals surface area contributed by atoms with Crippen LogP contribution in [0.15, 0.2) is 16.9 Å². The summed E-state index contributed by atoms with van der Waals surface area (Å²) in [6.45, 7) is 0. The average molecular weight is 272 g/mol. The fraction of sp³-hybridized carbons (Fsp3) is 0.667. The van der Waals surface area contributed by atoms with Gasteiger partial charge in [-0.3, -0.25) is 0 Å². The first-order chi connectivity index (χ1) is 9.90. The molecule has 0 bridgehead atoms. The molecule has 2 aromatic rings. The van der Waals surface area contributed by atoms with Crippen molar-refractivity contribution < 1.29 is 4.52 Å². The normalized spacial score (nSPS) is 30.1. The second-order valence-electron chi connectivity index (χ2n) is 6.21. The van der Waals surface area contributed by atoms with Crippen molar-refractivity contribution in [2.45, 2.75) is 50.9 Å². The molecule has 1 N–H and O–H groups in total. The van der Waals surface area contributed by atoms with Crippen LogP contribution in [0.3, 0.4) is 0 Å². The second-order valence-corrected chi connectivity index (χ2v) is 6.21. The number of rotatable bonds is 2. The van der Waals surface area contributed by atoms with Gasteiger partial charge >= 0.3 is 0 Å². The van der Waals surface area contributed by atoms with E-state index < -0.39 is 0 Å². The Labute approximate surface area is 118 Å². The fourth-order valence-corrected chi connectivity index (χ4v) is 3.98. The lowest BCUT2D eigenvalue weighted by atomic mass is 9.67. The third-order valence-electron chi connectivity index (χ3n) is 5.04. The van der Waals surface area contributed by atoms with Crippen LogP contribution < -0.4 is 0 Å². The molecule has 0 aromatic carbocycles. The zero-order valence-electron chi connectivity index (χ0n) is 11.6. The van der Waals surface area contributed by atoms with Crippen molar-refractivity contribution >= 4 is 0 Å². The van der Waals surface area contributed by atoms with Crippen LogP contribution in [0.2, 0.25) is 0 Å². The highest BCUT2D eigenvalue weighted by atomic mass is 16.5. The number of H-pyrrole nitrogens is 1. The fourth-order valence-electron chi connectivity index (χ4n) is 3.98. The minimum atomic E-state index is 0.450. The van der Waals surface area contributed by atoms with Crippen LogP contribution in [0.5, 0.6) is 0 Å². The molecule has 0 amide bonds. The van der Waals surface area contributed by atoms with Gasteiger partial charge in [0, 0.05) is 18.3 Å². The first kappa shape index (κ1) is 12.1. The van der Waals surface area contributed by atoms with E-state index in [9.17, 15) is 0 Å². The van der Waals surface area contributed by atoms with E-state index in [0.29, 0.717) is 17.6 Å². The average Bonchev–Trinajstić information content (AvgIpc) is 3.17. The van der Waals surface area contributed by atoms with Gasteiger partial charge in [0.05, 0.1) is 0 Å². The molecule has 0 radical (unpaired) electrons. The van der Waals surface area contributed by atoms with Crippen LogP contribution in [-0.4, -0.2) is 20.1 Å². The maximum atomic E-state index is 5.49. The number of nitrogens with one attached hydrogen (secondary N) is 1. The van der Waals surface area contributed by atoms with Crippen LogP contribution in [0.25, 0.3) is 11.6 Å². The summed E-state index contributed by atoms with van der Waals surface area (Å²) in [7, 11) is 0. The molecule has 20 heavy (non-hydrogen) atoms. The molecular weight excluding hydrogens is 252 g/mol. The molecule has 0 aliphatic heterocycles. The zero-order chi connectivity index (χ0) is 13.4. The number of hydrogen-bond acceptors (Lipinski definition) is 4. The van der Waals surface area contributed by atoms with Gasteiger partial charge in [-0.2, -0.15) is 4.98 Å². The Kier molecular flexibility index (Phi) is 3.05. The van der Waals surface area contributed by atoms with Gasteiger partial charge in [0.2, 0.25) is 11.7 Å². The van der Waals surface area contributed by atoms with Crippen LogP contribution in [0, 0.1) is 11.8 Å². The summed E-state index contributed by atoms with van der Waals surface area (Å²) in [5, 5.41) is 4.06. The predicted molar refractivity (Wildman–Crippen MR) is 73.9 cm³/mol. The Balaban J connectivity index is 1.50. The van der Waals surface area contributed by atoms with Crippen LogP contribution in [0.1, 0.15) is 56.8 Å². The lowest BCUT2D eigenvalue weighted by Gasteiger charge is -2.38. The monoisotopic (exact) mass is 272 g/mol. The van der Waals surface area contributed by atoms with E-state index in [2.05, 4.69) is 20.1 Å². The summed E-state index contributed by atoms with van der Waals surface area (Å²) in [4.78, 5) is 11.7. The smallest absolute Gasteiger partial charge is 0.238 e. The Hall–Kier alpha value is -1.65. The maximum absolute atomic E-state index is 5.49. The SMILES string of the molecule is c1c[nH]c(-c2noc(C3CCC4CCCCC4C3)n2)n1. The molecule has 3 unspecified atom stereocenters. The summed E-state index contributed by atoms with van der Waals surface area (Å²) in [6, 6.07) is 0. The molecule has 5 heteroatoms.